The Balaban J connectivity index is 1.81. The largest absolute Gasteiger partial charge is 0.396 e. The van der Waals surface area contributed by atoms with Crippen molar-refractivity contribution in [3.05, 3.63) is 30.5 Å². The first-order valence-electron chi connectivity index (χ1n) is 7.83. The number of rotatable bonds is 3. The standard InChI is InChI=1S/C17H24N4/c1-3-13(2)20-9-11-21(12-10-20)16-7-6-15-14(17(16)18)5-4-8-19-15/h4-8,13H,3,9-12,18H2,1-2H3. The molecule has 0 amide bonds. The van der Waals surface area contributed by atoms with Crippen LogP contribution >= 0.6 is 0 Å². The zero-order chi connectivity index (χ0) is 14.8. The lowest BCUT2D eigenvalue weighted by molar-refractivity contribution is 0.193. The molecular weight excluding hydrogens is 260 g/mol. The number of nitrogen functional groups attached to an aromatic ring is 1. The molecule has 2 N–H and O–H groups in total. The van der Waals surface area contributed by atoms with Crippen LogP contribution in [0.1, 0.15) is 20.3 Å². The third-order valence-corrected chi connectivity index (χ3v) is 4.67. The molecular formula is C17H24N4. The van der Waals surface area contributed by atoms with Gasteiger partial charge in [-0.15, -0.1) is 0 Å². The average Bonchev–Trinajstić information content (AvgIpc) is 2.55. The van der Waals surface area contributed by atoms with E-state index >= 15 is 0 Å². The van der Waals surface area contributed by atoms with Gasteiger partial charge in [0.05, 0.1) is 16.9 Å². The Hall–Kier alpha value is -1.81. The molecule has 2 heterocycles. The van der Waals surface area contributed by atoms with Crippen molar-refractivity contribution in [3.63, 3.8) is 0 Å². The lowest BCUT2D eigenvalue weighted by Gasteiger charge is -2.39. The molecule has 4 nitrogen and oxygen atoms in total. The van der Waals surface area contributed by atoms with Crippen LogP contribution in [0.15, 0.2) is 30.5 Å². The predicted octanol–water partition coefficient (Wildman–Crippen LogP) is 2.74. The molecule has 1 aromatic carbocycles. The van der Waals surface area contributed by atoms with E-state index in [9.17, 15) is 0 Å². The first kappa shape index (κ1) is 14.1. The Kier molecular flexibility index (Phi) is 3.97. The van der Waals surface area contributed by atoms with Gasteiger partial charge in [0, 0.05) is 43.8 Å². The van der Waals surface area contributed by atoms with Crippen LogP contribution in [0.3, 0.4) is 0 Å². The van der Waals surface area contributed by atoms with E-state index in [1.807, 2.05) is 12.3 Å². The van der Waals surface area contributed by atoms with Crippen molar-refractivity contribution in [1.29, 1.82) is 0 Å². The monoisotopic (exact) mass is 284 g/mol. The molecule has 3 rings (SSSR count). The van der Waals surface area contributed by atoms with Gasteiger partial charge in [-0.2, -0.15) is 0 Å². The summed E-state index contributed by atoms with van der Waals surface area (Å²) in [5, 5.41) is 1.05. The average molecular weight is 284 g/mol. The highest BCUT2D eigenvalue weighted by molar-refractivity contribution is 5.97. The fraction of sp³-hybridized carbons (Fsp3) is 0.471. The van der Waals surface area contributed by atoms with Gasteiger partial charge in [-0.25, -0.2) is 0 Å². The fourth-order valence-electron chi connectivity index (χ4n) is 3.10. The van der Waals surface area contributed by atoms with Gasteiger partial charge in [0.25, 0.3) is 0 Å². The molecule has 0 radical (unpaired) electrons. The van der Waals surface area contributed by atoms with Crippen molar-refractivity contribution in [2.75, 3.05) is 36.8 Å². The van der Waals surface area contributed by atoms with Crippen molar-refractivity contribution in [2.24, 2.45) is 0 Å². The lowest BCUT2D eigenvalue weighted by Crippen LogP contribution is -2.49. The summed E-state index contributed by atoms with van der Waals surface area (Å²) in [6.45, 7) is 8.87. The second kappa shape index (κ2) is 5.90. The number of hydrogen-bond donors (Lipinski definition) is 1. The Morgan fingerprint density at radius 2 is 1.95 bits per heavy atom. The van der Waals surface area contributed by atoms with Crippen LogP contribution < -0.4 is 10.6 Å². The highest BCUT2D eigenvalue weighted by Crippen LogP contribution is 2.31. The Bertz CT molecular complexity index is 617. The molecule has 21 heavy (non-hydrogen) atoms. The van der Waals surface area contributed by atoms with Gasteiger partial charge >= 0.3 is 0 Å². The number of nitrogens with two attached hydrogens (primary N) is 1. The zero-order valence-electron chi connectivity index (χ0n) is 12.9. The molecule has 1 aromatic heterocycles. The fourth-order valence-corrected chi connectivity index (χ4v) is 3.10. The maximum absolute atomic E-state index is 6.38. The van der Waals surface area contributed by atoms with Gasteiger partial charge in [-0.1, -0.05) is 6.92 Å². The maximum atomic E-state index is 6.38. The minimum absolute atomic E-state index is 0.672. The third kappa shape index (κ3) is 2.68. The molecule has 0 bridgehead atoms. The van der Waals surface area contributed by atoms with Crippen LogP contribution in [0, 0.1) is 0 Å². The number of pyridine rings is 1. The minimum Gasteiger partial charge on any atom is -0.396 e. The smallest absolute Gasteiger partial charge is 0.0724 e. The number of piperazine rings is 1. The van der Waals surface area contributed by atoms with Crippen molar-refractivity contribution < 1.29 is 0 Å². The predicted molar refractivity (Wildman–Crippen MR) is 89.7 cm³/mol. The Labute approximate surface area is 126 Å². The van der Waals surface area contributed by atoms with Crippen molar-refractivity contribution >= 4 is 22.3 Å². The van der Waals surface area contributed by atoms with Crippen LogP contribution in [0.2, 0.25) is 0 Å². The van der Waals surface area contributed by atoms with Crippen LogP contribution in [-0.4, -0.2) is 42.1 Å². The zero-order valence-corrected chi connectivity index (χ0v) is 12.9. The van der Waals surface area contributed by atoms with Crippen LogP contribution in [0.4, 0.5) is 11.4 Å². The van der Waals surface area contributed by atoms with Gasteiger partial charge in [0.1, 0.15) is 0 Å². The highest BCUT2D eigenvalue weighted by Gasteiger charge is 2.21. The lowest BCUT2D eigenvalue weighted by atomic mass is 10.1. The Morgan fingerprint density at radius 1 is 1.19 bits per heavy atom. The number of anilines is 2. The summed E-state index contributed by atoms with van der Waals surface area (Å²) in [4.78, 5) is 9.34. The molecule has 2 aromatic rings. The normalized spacial score (nSPS) is 18.1. The molecule has 4 heteroatoms. The first-order chi connectivity index (χ1) is 10.2. The van der Waals surface area contributed by atoms with Crippen molar-refractivity contribution in [2.45, 2.75) is 26.3 Å². The van der Waals surface area contributed by atoms with Gasteiger partial charge in [-0.05, 0) is 37.6 Å². The van der Waals surface area contributed by atoms with Crippen LogP contribution in [0.5, 0.6) is 0 Å². The van der Waals surface area contributed by atoms with Crippen LogP contribution in [0.25, 0.3) is 10.9 Å². The quantitative estimate of drug-likeness (QED) is 0.880. The number of aromatic nitrogens is 1. The second-order valence-electron chi connectivity index (χ2n) is 5.85. The molecule has 112 valence electrons. The minimum atomic E-state index is 0.672. The van der Waals surface area contributed by atoms with Gasteiger partial charge in [0.15, 0.2) is 0 Å². The van der Waals surface area contributed by atoms with Gasteiger partial charge in [0.2, 0.25) is 0 Å². The number of fused-ring (bicyclic) bond motifs is 1. The topological polar surface area (TPSA) is 45.4 Å². The number of benzene rings is 1. The highest BCUT2D eigenvalue weighted by atomic mass is 15.3. The molecule has 1 saturated heterocycles. The molecule has 0 spiro atoms. The molecule has 1 atom stereocenters. The molecule has 1 unspecified atom stereocenters. The summed E-state index contributed by atoms with van der Waals surface area (Å²) in [5.74, 6) is 0. The maximum Gasteiger partial charge on any atom is 0.0724 e. The third-order valence-electron chi connectivity index (χ3n) is 4.67. The van der Waals surface area contributed by atoms with E-state index in [-0.39, 0.29) is 0 Å². The van der Waals surface area contributed by atoms with E-state index < -0.39 is 0 Å². The second-order valence-corrected chi connectivity index (χ2v) is 5.85. The number of nitrogens with zero attached hydrogens (tertiary/aromatic N) is 3. The molecule has 1 aliphatic heterocycles. The molecule has 0 aliphatic carbocycles. The van der Waals surface area contributed by atoms with E-state index in [0.717, 1.165) is 48.5 Å². The van der Waals surface area contributed by atoms with Gasteiger partial charge < -0.3 is 10.6 Å². The summed E-state index contributed by atoms with van der Waals surface area (Å²) in [6.07, 6.45) is 3.02. The van der Waals surface area contributed by atoms with Crippen molar-refractivity contribution in [1.82, 2.24) is 9.88 Å². The summed E-state index contributed by atoms with van der Waals surface area (Å²) in [5.41, 5.74) is 9.36. The van der Waals surface area contributed by atoms with E-state index in [0.29, 0.717) is 6.04 Å². The number of hydrogen-bond acceptors (Lipinski definition) is 4. The summed E-state index contributed by atoms with van der Waals surface area (Å²) in [6, 6.07) is 8.86. The SMILES string of the molecule is CCC(C)N1CCN(c2ccc3ncccc3c2N)CC1. The molecule has 1 fully saturated rings. The van der Waals surface area contributed by atoms with E-state index in [1.54, 1.807) is 0 Å². The van der Waals surface area contributed by atoms with E-state index in [1.165, 1.54) is 6.42 Å². The van der Waals surface area contributed by atoms with E-state index in [4.69, 9.17) is 5.73 Å². The Morgan fingerprint density at radius 3 is 2.67 bits per heavy atom. The first-order valence-corrected chi connectivity index (χ1v) is 7.83. The summed E-state index contributed by atoms with van der Waals surface area (Å²) >= 11 is 0. The van der Waals surface area contributed by atoms with Crippen LogP contribution in [-0.2, 0) is 0 Å². The van der Waals surface area contributed by atoms with Gasteiger partial charge in [-0.3, -0.25) is 9.88 Å². The summed E-state index contributed by atoms with van der Waals surface area (Å²) in [7, 11) is 0. The van der Waals surface area contributed by atoms with Crippen molar-refractivity contribution in [3.8, 4) is 0 Å². The van der Waals surface area contributed by atoms with E-state index in [2.05, 4.69) is 46.8 Å². The summed E-state index contributed by atoms with van der Waals surface area (Å²) < 4.78 is 0. The molecule has 0 saturated carbocycles. The molecule has 1 aliphatic rings.